The predicted molar refractivity (Wildman–Crippen MR) is 81.9 cm³/mol. The highest BCUT2D eigenvalue weighted by Gasteiger charge is 2.16. The Hall–Kier alpha value is -0.370. The molecule has 0 saturated carbocycles. The number of halogens is 1. The SMILES string of the molecule is CCCC/C=C(\Br)C(C)CC(=O)C1=CCCCC1. The molecule has 0 aromatic carbocycles. The number of ketones is 1. The summed E-state index contributed by atoms with van der Waals surface area (Å²) in [5.74, 6) is 0.667. The fourth-order valence-corrected chi connectivity index (χ4v) is 2.63. The predicted octanol–water partition coefficient (Wildman–Crippen LogP) is 5.55. The van der Waals surface area contributed by atoms with Gasteiger partial charge in [0.05, 0.1) is 0 Å². The van der Waals surface area contributed by atoms with Crippen molar-refractivity contribution in [2.75, 3.05) is 0 Å². The molecule has 0 amide bonds. The Morgan fingerprint density at radius 1 is 1.50 bits per heavy atom. The molecule has 0 radical (unpaired) electrons. The van der Waals surface area contributed by atoms with Crippen molar-refractivity contribution in [1.29, 1.82) is 0 Å². The third-order valence-corrected chi connectivity index (χ3v) is 4.61. The minimum Gasteiger partial charge on any atom is -0.295 e. The molecule has 0 heterocycles. The molecule has 0 aromatic rings. The first-order valence-electron chi connectivity index (χ1n) is 7.23. The molecule has 2 heteroatoms. The first kappa shape index (κ1) is 15.7. The molecule has 0 N–H and O–H groups in total. The molecule has 1 rings (SSSR count). The van der Waals surface area contributed by atoms with Crippen molar-refractivity contribution in [2.24, 2.45) is 5.92 Å². The van der Waals surface area contributed by atoms with Gasteiger partial charge in [-0.15, -0.1) is 0 Å². The smallest absolute Gasteiger partial charge is 0.159 e. The summed E-state index contributed by atoms with van der Waals surface area (Å²) >= 11 is 3.62. The van der Waals surface area contributed by atoms with Crippen molar-refractivity contribution in [3.05, 3.63) is 22.2 Å². The number of carbonyl (C=O) groups excluding carboxylic acids is 1. The molecular weight excluding hydrogens is 288 g/mol. The van der Waals surface area contributed by atoms with Gasteiger partial charge in [0.1, 0.15) is 0 Å². The highest BCUT2D eigenvalue weighted by molar-refractivity contribution is 9.11. The normalized spacial score (nSPS) is 18.4. The van der Waals surface area contributed by atoms with Crippen LogP contribution < -0.4 is 0 Å². The van der Waals surface area contributed by atoms with E-state index in [1.807, 2.05) is 0 Å². The maximum atomic E-state index is 12.1. The molecule has 0 aliphatic heterocycles. The first-order chi connectivity index (χ1) is 8.65. The number of carbonyl (C=O) groups is 1. The van der Waals surface area contributed by atoms with E-state index in [1.165, 1.54) is 30.2 Å². The highest BCUT2D eigenvalue weighted by Crippen LogP contribution is 2.26. The van der Waals surface area contributed by atoms with Crippen LogP contribution in [0.15, 0.2) is 22.2 Å². The van der Waals surface area contributed by atoms with Crippen LogP contribution in [-0.2, 0) is 4.79 Å². The number of hydrogen-bond acceptors (Lipinski definition) is 1. The Bertz CT molecular complexity index is 328. The van der Waals surface area contributed by atoms with E-state index in [0.29, 0.717) is 18.1 Å². The van der Waals surface area contributed by atoms with Crippen LogP contribution in [0.1, 0.15) is 65.2 Å². The number of hydrogen-bond donors (Lipinski definition) is 0. The molecule has 1 unspecified atom stereocenters. The van der Waals surface area contributed by atoms with E-state index in [9.17, 15) is 4.79 Å². The molecule has 1 aliphatic carbocycles. The summed E-state index contributed by atoms with van der Waals surface area (Å²) < 4.78 is 1.20. The summed E-state index contributed by atoms with van der Waals surface area (Å²) in [7, 11) is 0. The number of allylic oxidation sites excluding steroid dienone is 4. The van der Waals surface area contributed by atoms with Gasteiger partial charge in [-0.2, -0.15) is 0 Å². The zero-order valence-corrected chi connectivity index (χ0v) is 13.3. The van der Waals surface area contributed by atoms with Crippen LogP contribution in [-0.4, -0.2) is 5.78 Å². The van der Waals surface area contributed by atoms with E-state index in [0.717, 1.165) is 24.8 Å². The van der Waals surface area contributed by atoms with E-state index in [-0.39, 0.29) is 0 Å². The van der Waals surface area contributed by atoms with Gasteiger partial charge in [-0.25, -0.2) is 0 Å². The highest BCUT2D eigenvalue weighted by atomic mass is 79.9. The monoisotopic (exact) mass is 312 g/mol. The largest absolute Gasteiger partial charge is 0.295 e. The van der Waals surface area contributed by atoms with E-state index in [2.05, 4.69) is 41.9 Å². The summed E-state index contributed by atoms with van der Waals surface area (Å²) in [5.41, 5.74) is 1.07. The van der Waals surface area contributed by atoms with E-state index < -0.39 is 0 Å². The van der Waals surface area contributed by atoms with Gasteiger partial charge in [0.15, 0.2) is 5.78 Å². The zero-order valence-electron chi connectivity index (χ0n) is 11.7. The maximum Gasteiger partial charge on any atom is 0.159 e. The van der Waals surface area contributed by atoms with Crippen LogP contribution in [0.2, 0.25) is 0 Å². The summed E-state index contributed by atoms with van der Waals surface area (Å²) in [6.07, 6.45) is 13.1. The second-order valence-electron chi connectivity index (χ2n) is 5.23. The molecule has 1 atom stereocenters. The van der Waals surface area contributed by atoms with Gasteiger partial charge in [-0.1, -0.05) is 54.8 Å². The summed E-state index contributed by atoms with van der Waals surface area (Å²) in [5, 5.41) is 0. The second-order valence-corrected chi connectivity index (χ2v) is 6.15. The van der Waals surface area contributed by atoms with Crippen molar-refractivity contribution in [3.8, 4) is 0 Å². The third-order valence-electron chi connectivity index (χ3n) is 3.51. The Kier molecular flexibility index (Phi) is 7.57. The van der Waals surface area contributed by atoms with Gasteiger partial charge in [-0.3, -0.25) is 4.79 Å². The fraction of sp³-hybridized carbons (Fsp3) is 0.688. The van der Waals surface area contributed by atoms with Crippen LogP contribution >= 0.6 is 15.9 Å². The van der Waals surface area contributed by atoms with Gasteiger partial charge < -0.3 is 0 Å². The standard InChI is InChI=1S/C16H25BrO/c1-3-4-6-11-15(17)13(2)12-16(18)14-9-7-5-8-10-14/h9,11,13H,3-8,10,12H2,1-2H3/b15-11-. The van der Waals surface area contributed by atoms with Gasteiger partial charge in [0.25, 0.3) is 0 Å². The zero-order chi connectivity index (χ0) is 13.4. The lowest BCUT2D eigenvalue weighted by Crippen LogP contribution is -2.10. The lowest BCUT2D eigenvalue weighted by atomic mass is 9.91. The lowest BCUT2D eigenvalue weighted by molar-refractivity contribution is -0.116. The number of Topliss-reactive ketones (excluding diaryl/α,β-unsaturated/α-hetero) is 1. The summed E-state index contributed by atoms with van der Waals surface area (Å²) in [6, 6.07) is 0. The van der Waals surface area contributed by atoms with Crippen LogP contribution in [0.3, 0.4) is 0 Å². The fourth-order valence-electron chi connectivity index (χ4n) is 2.24. The minimum atomic E-state index is 0.317. The molecule has 0 spiro atoms. The van der Waals surface area contributed by atoms with Gasteiger partial charge in [-0.05, 0) is 48.1 Å². The van der Waals surface area contributed by atoms with Crippen molar-refractivity contribution in [2.45, 2.75) is 65.2 Å². The average Bonchev–Trinajstić information content (AvgIpc) is 2.39. The molecule has 0 bridgehead atoms. The van der Waals surface area contributed by atoms with Crippen molar-refractivity contribution < 1.29 is 4.79 Å². The lowest BCUT2D eigenvalue weighted by Gasteiger charge is -2.15. The number of rotatable bonds is 7. The number of unbranched alkanes of at least 4 members (excludes halogenated alkanes) is 2. The molecule has 0 saturated heterocycles. The van der Waals surface area contributed by atoms with Crippen molar-refractivity contribution >= 4 is 21.7 Å². The van der Waals surface area contributed by atoms with Crippen molar-refractivity contribution in [3.63, 3.8) is 0 Å². The minimum absolute atomic E-state index is 0.317. The van der Waals surface area contributed by atoms with Crippen molar-refractivity contribution in [1.82, 2.24) is 0 Å². The van der Waals surface area contributed by atoms with Crippen LogP contribution in [0.5, 0.6) is 0 Å². The molecule has 0 aromatic heterocycles. The summed E-state index contributed by atoms with van der Waals surface area (Å²) in [6.45, 7) is 4.33. The van der Waals surface area contributed by atoms with Crippen LogP contribution in [0.4, 0.5) is 0 Å². The molecule has 1 aliphatic rings. The molecular formula is C16H25BrO. The van der Waals surface area contributed by atoms with Crippen LogP contribution in [0, 0.1) is 5.92 Å². The van der Waals surface area contributed by atoms with Gasteiger partial charge in [0, 0.05) is 6.42 Å². The molecule has 102 valence electrons. The third kappa shape index (κ3) is 5.51. The molecule has 18 heavy (non-hydrogen) atoms. The Morgan fingerprint density at radius 3 is 2.89 bits per heavy atom. The summed E-state index contributed by atoms with van der Waals surface area (Å²) in [4.78, 5) is 12.1. The quantitative estimate of drug-likeness (QED) is 0.563. The molecule has 0 fully saturated rings. The Morgan fingerprint density at radius 2 is 2.28 bits per heavy atom. The Labute approximate surface area is 120 Å². The first-order valence-corrected chi connectivity index (χ1v) is 8.02. The Balaban J connectivity index is 2.43. The molecule has 1 nitrogen and oxygen atoms in total. The van der Waals surface area contributed by atoms with Gasteiger partial charge in [0.2, 0.25) is 0 Å². The van der Waals surface area contributed by atoms with E-state index >= 15 is 0 Å². The second kappa shape index (κ2) is 8.68. The van der Waals surface area contributed by atoms with E-state index in [1.54, 1.807) is 0 Å². The maximum absolute atomic E-state index is 12.1. The van der Waals surface area contributed by atoms with Crippen LogP contribution in [0.25, 0.3) is 0 Å². The van der Waals surface area contributed by atoms with E-state index in [4.69, 9.17) is 0 Å². The van der Waals surface area contributed by atoms with Gasteiger partial charge >= 0.3 is 0 Å². The average molecular weight is 313 g/mol. The topological polar surface area (TPSA) is 17.1 Å².